The highest BCUT2D eigenvalue weighted by Gasteiger charge is 2.24. The summed E-state index contributed by atoms with van der Waals surface area (Å²) < 4.78 is 2.16. The molecule has 0 atom stereocenters. The molecule has 2 aromatic heterocycles. The van der Waals surface area contributed by atoms with Crippen LogP contribution in [0.2, 0.25) is 0 Å². The first-order valence-corrected chi connectivity index (χ1v) is 17.5. The van der Waals surface area contributed by atoms with Crippen LogP contribution in [0.4, 0.5) is 0 Å². The molecule has 2 N–H and O–H groups in total. The SMILES string of the molecule is CC(C)(C)c1cc(Br)cc(Cc2cc3ccccc3nc2C(N)c2nc3ccccc3cc2Cc2cc(Br)cc(C(C)(C)C)c2)c1. The number of hydrogen-bond acceptors (Lipinski definition) is 3. The number of nitrogens with zero attached hydrogens (tertiary/aromatic N) is 2. The third-order valence-corrected chi connectivity index (χ3v) is 9.61. The number of para-hydroxylation sites is 2. The van der Waals surface area contributed by atoms with Crippen LogP contribution in [0.15, 0.2) is 106 Å². The highest BCUT2D eigenvalue weighted by atomic mass is 79.9. The first-order chi connectivity index (χ1) is 21.7. The normalized spacial score (nSPS) is 12.4. The molecule has 234 valence electrons. The first-order valence-electron chi connectivity index (χ1n) is 15.9. The second-order valence-corrected chi connectivity index (χ2v) is 16.3. The van der Waals surface area contributed by atoms with Crippen LogP contribution >= 0.6 is 31.9 Å². The predicted octanol–water partition coefficient (Wildman–Crippen LogP) is 11.1. The molecule has 0 spiro atoms. The Kier molecular flexibility index (Phi) is 8.97. The third kappa shape index (κ3) is 7.12. The summed E-state index contributed by atoms with van der Waals surface area (Å²) >= 11 is 7.55. The van der Waals surface area contributed by atoms with Gasteiger partial charge in [-0.15, -0.1) is 0 Å². The summed E-state index contributed by atoms with van der Waals surface area (Å²) in [5.41, 5.74) is 18.2. The monoisotopic (exact) mass is 733 g/mol. The topological polar surface area (TPSA) is 51.8 Å². The molecule has 0 aliphatic heterocycles. The largest absolute Gasteiger partial charge is 0.318 e. The Morgan fingerprint density at radius 3 is 1.35 bits per heavy atom. The molecule has 0 saturated carbocycles. The van der Waals surface area contributed by atoms with Crippen LogP contribution in [0.1, 0.15) is 92.4 Å². The maximum atomic E-state index is 7.32. The predicted molar refractivity (Wildman–Crippen MR) is 201 cm³/mol. The number of halogens is 2. The fourth-order valence-electron chi connectivity index (χ4n) is 6.11. The quantitative estimate of drug-likeness (QED) is 0.185. The van der Waals surface area contributed by atoms with Gasteiger partial charge >= 0.3 is 0 Å². The number of fused-ring (bicyclic) bond motifs is 2. The maximum absolute atomic E-state index is 7.32. The average molecular weight is 736 g/mol. The van der Waals surface area contributed by atoms with Crippen molar-refractivity contribution < 1.29 is 0 Å². The van der Waals surface area contributed by atoms with Crippen LogP contribution in [0.3, 0.4) is 0 Å². The lowest BCUT2D eigenvalue weighted by Crippen LogP contribution is -2.20. The van der Waals surface area contributed by atoms with E-state index in [0.717, 1.165) is 53.3 Å². The maximum Gasteiger partial charge on any atom is 0.0906 e. The van der Waals surface area contributed by atoms with Crippen molar-refractivity contribution >= 4 is 53.7 Å². The Bertz CT molecular complexity index is 1920. The summed E-state index contributed by atoms with van der Waals surface area (Å²) in [6.45, 7) is 13.5. The smallest absolute Gasteiger partial charge is 0.0906 e. The molecule has 0 saturated heterocycles. The molecule has 6 rings (SSSR count). The summed E-state index contributed by atoms with van der Waals surface area (Å²) in [5, 5.41) is 2.21. The first kappa shape index (κ1) is 32.6. The molecule has 4 aromatic carbocycles. The van der Waals surface area contributed by atoms with E-state index in [1.165, 1.54) is 22.3 Å². The van der Waals surface area contributed by atoms with Gasteiger partial charge in [0.05, 0.1) is 28.5 Å². The van der Waals surface area contributed by atoms with E-state index in [1.807, 2.05) is 12.1 Å². The van der Waals surface area contributed by atoms with Crippen LogP contribution in [-0.4, -0.2) is 9.97 Å². The highest BCUT2D eigenvalue weighted by Crippen LogP contribution is 2.34. The van der Waals surface area contributed by atoms with Gasteiger partial charge in [0.15, 0.2) is 0 Å². The minimum Gasteiger partial charge on any atom is -0.318 e. The van der Waals surface area contributed by atoms with Crippen molar-refractivity contribution in [3.05, 3.63) is 151 Å². The summed E-state index contributed by atoms with van der Waals surface area (Å²) in [4.78, 5) is 10.5. The molecule has 0 amide bonds. The molecule has 0 unspecified atom stereocenters. The fourth-order valence-corrected chi connectivity index (χ4v) is 7.19. The lowest BCUT2D eigenvalue weighted by atomic mass is 9.85. The molecular weight excluding hydrogens is 694 g/mol. The highest BCUT2D eigenvalue weighted by molar-refractivity contribution is 9.10. The van der Waals surface area contributed by atoms with Crippen LogP contribution < -0.4 is 5.73 Å². The number of nitrogens with two attached hydrogens (primary N) is 1. The van der Waals surface area contributed by atoms with E-state index in [0.29, 0.717) is 12.8 Å². The number of benzene rings is 4. The standard InChI is InChI=1S/C41H41Br2N3/c1-40(2,3)31-17-25(19-33(42)23-31)15-29-21-27-11-7-9-13-35(27)45-38(29)37(44)39-30(22-28-12-8-10-14-36(28)46-39)16-26-18-32(41(4,5)6)24-34(43)20-26/h7-14,17-24,37H,15-16,44H2,1-6H3. The Morgan fingerprint density at radius 1 is 0.565 bits per heavy atom. The molecule has 3 nitrogen and oxygen atoms in total. The van der Waals surface area contributed by atoms with Crippen molar-refractivity contribution in [1.29, 1.82) is 0 Å². The summed E-state index contributed by atoms with van der Waals surface area (Å²) in [7, 11) is 0. The van der Waals surface area contributed by atoms with E-state index in [9.17, 15) is 0 Å². The second kappa shape index (κ2) is 12.7. The van der Waals surface area contributed by atoms with E-state index in [1.54, 1.807) is 0 Å². The zero-order valence-corrected chi connectivity index (χ0v) is 30.6. The Morgan fingerprint density at radius 2 is 0.957 bits per heavy atom. The number of pyridine rings is 2. The van der Waals surface area contributed by atoms with Gasteiger partial charge < -0.3 is 5.73 Å². The van der Waals surface area contributed by atoms with Crippen molar-refractivity contribution in [2.75, 3.05) is 0 Å². The van der Waals surface area contributed by atoms with E-state index < -0.39 is 6.04 Å². The molecule has 5 heteroatoms. The van der Waals surface area contributed by atoms with Gasteiger partial charge in [0.25, 0.3) is 0 Å². The lowest BCUT2D eigenvalue weighted by Gasteiger charge is -2.23. The Labute approximate surface area is 289 Å². The minimum atomic E-state index is -0.511. The number of hydrogen-bond donors (Lipinski definition) is 1. The van der Waals surface area contributed by atoms with Gasteiger partial charge in [0.1, 0.15) is 0 Å². The van der Waals surface area contributed by atoms with Crippen molar-refractivity contribution in [2.45, 2.75) is 71.3 Å². The van der Waals surface area contributed by atoms with Crippen LogP contribution in [0, 0.1) is 0 Å². The Hall–Kier alpha value is -3.38. The summed E-state index contributed by atoms with van der Waals surface area (Å²) in [6.07, 6.45) is 1.43. The van der Waals surface area contributed by atoms with Crippen molar-refractivity contribution in [1.82, 2.24) is 9.97 Å². The molecule has 0 aliphatic rings. The Balaban J connectivity index is 1.50. The fraction of sp³-hybridized carbons (Fsp3) is 0.268. The van der Waals surface area contributed by atoms with Gasteiger partial charge in [-0.2, -0.15) is 0 Å². The molecule has 0 radical (unpaired) electrons. The van der Waals surface area contributed by atoms with Gasteiger partial charge in [0, 0.05) is 19.7 Å². The minimum absolute atomic E-state index is 0.0304. The summed E-state index contributed by atoms with van der Waals surface area (Å²) in [5.74, 6) is 0. The second-order valence-electron chi connectivity index (χ2n) is 14.5. The van der Waals surface area contributed by atoms with E-state index in [-0.39, 0.29) is 10.8 Å². The average Bonchev–Trinajstić information content (AvgIpc) is 2.98. The zero-order valence-electron chi connectivity index (χ0n) is 27.5. The van der Waals surface area contributed by atoms with Crippen molar-refractivity contribution in [3.63, 3.8) is 0 Å². The van der Waals surface area contributed by atoms with Crippen LogP contribution in [0.5, 0.6) is 0 Å². The molecular formula is C41H41Br2N3. The van der Waals surface area contributed by atoms with Crippen molar-refractivity contribution in [2.24, 2.45) is 5.73 Å². The number of rotatable bonds is 6. The molecule has 6 aromatic rings. The van der Waals surface area contributed by atoms with Crippen LogP contribution in [-0.2, 0) is 23.7 Å². The van der Waals surface area contributed by atoms with E-state index >= 15 is 0 Å². The zero-order chi connectivity index (χ0) is 32.8. The summed E-state index contributed by atoms with van der Waals surface area (Å²) in [6, 6.07) is 34.1. The van der Waals surface area contributed by atoms with E-state index in [4.69, 9.17) is 15.7 Å². The van der Waals surface area contributed by atoms with E-state index in [2.05, 4.69) is 158 Å². The number of aromatic nitrogens is 2. The van der Waals surface area contributed by atoms with Gasteiger partial charge in [-0.3, -0.25) is 9.97 Å². The van der Waals surface area contributed by atoms with Gasteiger partial charge in [-0.1, -0.05) is 122 Å². The third-order valence-electron chi connectivity index (χ3n) is 8.70. The van der Waals surface area contributed by atoms with Gasteiger partial charge in [0.2, 0.25) is 0 Å². The van der Waals surface area contributed by atoms with Gasteiger partial charge in [-0.25, -0.2) is 0 Å². The molecule has 0 fully saturated rings. The van der Waals surface area contributed by atoms with Gasteiger partial charge in [-0.05, 0) is 106 Å². The van der Waals surface area contributed by atoms with Crippen molar-refractivity contribution in [3.8, 4) is 0 Å². The molecule has 0 aliphatic carbocycles. The molecule has 0 bridgehead atoms. The molecule has 46 heavy (non-hydrogen) atoms. The van der Waals surface area contributed by atoms with Crippen LogP contribution in [0.25, 0.3) is 21.8 Å². The lowest BCUT2D eigenvalue weighted by molar-refractivity contribution is 0.589. The molecule has 2 heterocycles.